The molecule has 6 atom stereocenters. The van der Waals surface area contributed by atoms with Crippen molar-refractivity contribution < 1.29 is 14.7 Å². The number of pyridine rings is 1. The summed E-state index contributed by atoms with van der Waals surface area (Å²) in [6.45, 7) is 10.8. The smallest absolute Gasteiger partial charge is 0.408 e. The van der Waals surface area contributed by atoms with Gasteiger partial charge in [-0.05, 0) is 83.4 Å². The Balaban J connectivity index is 1.16. The van der Waals surface area contributed by atoms with Crippen molar-refractivity contribution in [2.24, 2.45) is 11.8 Å². The third kappa shape index (κ3) is 7.06. The average molecular weight is 727 g/mol. The van der Waals surface area contributed by atoms with Crippen LogP contribution in [0.4, 0.5) is 21.6 Å². The van der Waals surface area contributed by atoms with Crippen LogP contribution in [0.1, 0.15) is 73.1 Å². The number of carbonyl (C=O) groups excluding carboxylic acids is 1. The minimum absolute atomic E-state index is 0.0204. The van der Waals surface area contributed by atoms with Crippen LogP contribution in [0.5, 0.6) is 0 Å². The lowest BCUT2D eigenvalue weighted by atomic mass is 9.87. The van der Waals surface area contributed by atoms with Crippen LogP contribution in [0, 0.1) is 23.2 Å². The van der Waals surface area contributed by atoms with Crippen molar-refractivity contribution in [3.05, 3.63) is 30.6 Å². The van der Waals surface area contributed by atoms with Gasteiger partial charge < -0.3 is 26.0 Å². The number of nitrogens with one attached hydrogen (secondary N) is 3. The zero-order chi connectivity index (χ0) is 36.7. The fourth-order valence-electron chi connectivity index (χ4n) is 8.29. The summed E-state index contributed by atoms with van der Waals surface area (Å²) >= 11 is 1.50. The van der Waals surface area contributed by atoms with Gasteiger partial charge in [0.2, 0.25) is 17.0 Å². The summed E-state index contributed by atoms with van der Waals surface area (Å²) in [5, 5.41) is 45.3. The highest BCUT2D eigenvalue weighted by Gasteiger charge is 2.43. The molecule has 2 bridgehead atoms. The van der Waals surface area contributed by atoms with Crippen molar-refractivity contribution >= 4 is 45.6 Å². The second kappa shape index (κ2) is 14.2. The number of piperidine rings is 1. The molecule has 0 radical (unpaired) electrons. The standard InChI is InChI=1S/C36H46N12O3S/c1-20(15-37)40-27-14-28(38-17-25(27)32-43-44-34(52-32)46-18-22-10-11-23(19-46)31(22)41-21(2)49)30-13-12-24-16-39-33(45-48(24)30)42-26-8-6-7-9-29(26)47(35(50)51)36(3,4)5/h12-14,16-17,20,22-23,26,29,31H,6-11,18-19H2,1-5H3,(H,38,40)(H,41,49)(H,42,45)(H,50,51)/t20-,22-,23+,26-,29+,31?/m1/s1. The monoisotopic (exact) mass is 726 g/mol. The zero-order valence-corrected chi connectivity index (χ0v) is 31.0. The van der Waals surface area contributed by atoms with E-state index in [1.165, 1.54) is 11.3 Å². The number of hydrogen-bond acceptors (Lipinski definition) is 12. The highest BCUT2D eigenvalue weighted by molar-refractivity contribution is 7.18. The number of aromatic nitrogens is 6. The molecular weight excluding hydrogens is 681 g/mol. The molecule has 2 amide bonds. The summed E-state index contributed by atoms with van der Waals surface area (Å²) in [7, 11) is 0. The van der Waals surface area contributed by atoms with Crippen LogP contribution < -0.4 is 20.9 Å². The molecule has 1 saturated heterocycles. The molecule has 16 heteroatoms. The molecule has 274 valence electrons. The molecule has 0 aromatic carbocycles. The molecular formula is C36H46N12O3S. The first-order chi connectivity index (χ1) is 24.9. The zero-order valence-electron chi connectivity index (χ0n) is 30.2. The van der Waals surface area contributed by atoms with Crippen molar-refractivity contribution in [2.45, 2.75) is 103 Å². The van der Waals surface area contributed by atoms with E-state index in [2.05, 4.69) is 42.1 Å². The molecule has 4 aromatic heterocycles. The topological polar surface area (TPSA) is 190 Å². The number of amides is 2. The van der Waals surface area contributed by atoms with Gasteiger partial charge in [0.15, 0.2) is 5.01 Å². The molecule has 2 saturated carbocycles. The van der Waals surface area contributed by atoms with Crippen LogP contribution in [-0.2, 0) is 4.79 Å². The highest BCUT2D eigenvalue weighted by atomic mass is 32.1. The maximum atomic E-state index is 12.4. The van der Waals surface area contributed by atoms with Crippen LogP contribution in [0.25, 0.3) is 27.5 Å². The minimum Gasteiger partial charge on any atom is -0.465 e. The maximum Gasteiger partial charge on any atom is 0.408 e. The SMILES string of the molecule is CC(=O)NC1[C@@H]2CC[C@H]1CN(c1nnc(-c3cnc(-c4ccc5cnc(N[C@@H]6CCCC[C@@H]6N(C(=O)O)C(C)(C)C)nn45)cc3N[C@H](C)C#N)s1)C2. The number of carboxylic acid groups (broad SMARTS) is 1. The Labute approximate surface area is 306 Å². The van der Waals surface area contributed by atoms with E-state index in [0.717, 1.165) is 73.5 Å². The van der Waals surface area contributed by atoms with Crippen molar-refractivity contribution in [1.82, 2.24) is 40.0 Å². The molecule has 5 heterocycles. The van der Waals surface area contributed by atoms with Gasteiger partial charge in [-0.2, -0.15) is 5.26 Å². The highest BCUT2D eigenvalue weighted by Crippen LogP contribution is 2.41. The van der Waals surface area contributed by atoms with Gasteiger partial charge in [-0.25, -0.2) is 14.3 Å². The number of anilines is 3. The van der Waals surface area contributed by atoms with E-state index in [4.69, 9.17) is 10.1 Å². The number of nitriles is 1. The van der Waals surface area contributed by atoms with Crippen molar-refractivity contribution in [3.63, 3.8) is 0 Å². The number of fused-ring (bicyclic) bond motifs is 3. The van der Waals surface area contributed by atoms with E-state index in [9.17, 15) is 20.0 Å². The van der Waals surface area contributed by atoms with Crippen LogP contribution in [0.2, 0.25) is 0 Å². The number of nitrogens with zero attached hydrogens (tertiary/aromatic N) is 9. The molecule has 3 aliphatic rings. The molecule has 1 unspecified atom stereocenters. The second-order valence-electron chi connectivity index (χ2n) is 15.3. The third-order valence-electron chi connectivity index (χ3n) is 10.6. The lowest BCUT2D eigenvalue weighted by Crippen LogP contribution is -2.58. The van der Waals surface area contributed by atoms with Gasteiger partial charge in [0.05, 0.1) is 40.8 Å². The summed E-state index contributed by atoms with van der Waals surface area (Å²) < 4.78 is 1.79. The van der Waals surface area contributed by atoms with Gasteiger partial charge in [0, 0.05) is 49.5 Å². The molecule has 2 aliphatic carbocycles. The van der Waals surface area contributed by atoms with Crippen molar-refractivity contribution in [3.8, 4) is 28.0 Å². The molecule has 4 aromatic rings. The van der Waals surface area contributed by atoms with Crippen LogP contribution in [-0.4, -0.2) is 94.6 Å². The normalized spacial score (nSPS) is 23.5. The Morgan fingerprint density at radius 2 is 1.83 bits per heavy atom. The Kier molecular flexibility index (Phi) is 9.64. The van der Waals surface area contributed by atoms with E-state index in [1.807, 2.05) is 39.0 Å². The third-order valence-corrected chi connectivity index (χ3v) is 11.6. The molecule has 52 heavy (non-hydrogen) atoms. The van der Waals surface area contributed by atoms with E-state index >= 15 is 0 Å². The predicted octanol–water partition coefficient (Wildman–Crippen LogP) is 5.49. The van der Waals surface area contributed by atoms with E-state index in [0.29, 0.717) is 34.2 Å². The van der Waals surface area contributed by atoms with Gasteiger partial charge in [-0.3, -0.25) is 14.7 Å². The summed E-state index contributed by atoms with van der Waals surface area (Å²) in [6.07, 6.45) is 8.27. The minimum atomic E-state index is -0.931. The molecule has 0 spiro atoms. The van der Waals surface area contributed by atoms with E-state index in [1.54, 1.807) is 35.7 Å². The molecule has 15 nitrogen and oxygen atoms in total. The first kappa shape index (κ1) is 35.4. The molecule has 4 N–H and O–H groups in total. The predicted molar refractivity (Wildman–Crippen MR) is 199 cm³/mol. The number of hydrogen-bond donors (Lipinski definition) is 4. The van der Waals surface area contributed by atoms with Crippen molar-refractivity contribution in [2.75, 3.05) is 28.6 Å². The Morgan fingerprint density at radius 1 is 1.08 bits per heavy atom. The lowest BCUT2D eigenvalue weighted by molar-refractivity contribution is -0.120. The van der Waals surface area contributed by atoms with Crippen LogP contribution in [0.15, 0.2) is 30.6 Å². The average Bonchev–Trinajstić information content (AvgIpc) is 3.80. The lowest BCUT2D eigenvalue weighted by Gasteiger charge is -2.45. The summed E-state index contributed by atoms with van der Waals surface area (Å²) in [5.74, 6) is 1.19. The number of carbonyl (C=O) groups is 2. The fourth-order valence-corrected chi connectivity index (χ4v) is 9.18. The molecule has 7 rings (SSSR count). The fraction of sp³-hybridized carbons (Fsp3) is 0.556. The number of rotatable bonds is 9. The van der Waals surface area contributed by atoms with Crippen LogP contribution in [0.3, 0.4) is 0 Å². The Hall–Kier alpha value is -5.04. The molecule has 1 aliphatic heterocycles. The van der Waals surface area contributed by atoms with Crippen molar-refractivity contribution in [1.29, 1.82) is 5.26 Å². The summed E-state index contributed by atoms with van der Waals surface area (Å²) in [5.41, 5.74) is 3.04. The van der Waals surface area contributed by atoms with Gasteiger partial charge in [-0.15, -0.1) is 15.3 Å². The van der Waals surface area contributed by atoms with E-state index in [-0.39, 0.29) is 24.0 Å². The summed E-state index contributed by atoms with van der Waals surface area (Å²) in [6, 6.07) is 7.41. The Morgan fingerprint density at radius 3 is 2.52 bits per heavy atom. The maximum absolute atomic E-state index is 12.4. The Bertz CT molecular complexity index is 1990. The quantitative estimate of drug-likeness (QED) is 0.170. The van der Waals surface area contributed by atoms with Gasteiger partial charge in [0.25, 0.3) is 0 Å². The molecule has 3 fully saturated rings. The van der Waals surface area contributed by atoms with Gasteiger partial charge in [-0.1, -0.05) is 24.2 Å². The summed E-state index contributed by atoms with van der Waals surface area (Å²) in [4.78, 5) is 37.4. The van der Waals surface area contributed by atoms with Gasteiger partial charge in [0.1, 0.15) is 6.04 Å². The largest absolute Gasteiger partial charge is 0.465 e. The van der Waals surface area contributed by atoms with E-state index < -0.39 is 17.7 Å². The second-order valence-corrected chi connectivity index (χ2v) is 16.2. The van der Waals surface area contributed by atoms with Crippen LogP contribution >= 0.6 is 11.3 Å². The first-order valence-electron chi connectivity index (χ1n) is 18.1. The first-order valence-corrected chi connectivity index (χ1v) is 18.9. The van der Waals surface area contributed by atoms with Gasteiger partial charge >= 0.3 is 6.09 Å².